The largest absolute Gasteiger partial charge is 0.494 e. The van der Waals surface area contributed by atoms with E-state index in [4.69, 9.17) is 56.8 Å². The first-order valence-electron chi connectivity index (χ1n) is 52.4. The van der Waals surface area contributed by atoms with Gasteiger partial charge < -0.3 is 97.7 Å². The fraction of sp³-hybridized carbons (Fsp3) is 0.517. The molecule has 8 aromatic rings. The van der Waals surface area contributed by atoms with Gasteiger partial charge in [-0.1, -0.05) is 307 Å². The van der Waals surface area contributed by atoms with Crippen LogP contribution >= 0.6 is 0 Å². The maximum absolute atomic E-state index is 13.4. The third-order valence-corrected chi connectivity index (χ3v) is 25.8. The summed E-state index contributed by atoms with van der Waals surface area (Å²) in [7, 11) is 0. The Bertz CT molecular complexity index is 4410. The second kappa shape index (κ2) is 64.7. The van der Waals surface area contributed by atoms with Gasteiger partial charge in [-0.05, 0) is 121 Å². The molecule has 0 atom stereocenters. The molecule has 0 aliphatic heterocycles. The number of rotatable bonds is 76. The minimum Gasteiger partial charge on any atom is -0.494 e. The molecule has 8 aromatic carbocycles. The van der Waals surface area contributed by atoms with Crippen molar-refractivity contribution in [1.82, 2.24) is 0 Å². The predicted molar refractivity (Wildman–Crippen MR) is 550 cm³/mol. The van der Waals surface area contributed by atoms with Crippen LogP contribution in [0.3, 0.4) is 0 Å². The molecule has 0 radical (unpaired) electrons. The Hall–Kier alpha value is -12.9. The monoisotopic (exact) mass is 1990 g/mol. The first-order chi connectivity index (χ1) is 70.0. The molecule has 1 aliphatic rings. The van der Waals surface area contributed by atoms with Gasteiger partial charge in [0.05, 0.1) is 26.4 Å². The molecule has 784 valence electrons. The lowest BCUT2D eigenvalue weighted by Gasteiger charge is -2.32. The SMILES string of the molecule is CCCCCCCCCCCCOc1ccc(C2c3cc(c(OCC(=O)O)cc3OCC(=O)O)C(c3ccc(OCCCCCCCCCCCC)cc3)c3cc(c(OCC(=O)O)cc3OCC(=O)O)C(c3ccc(OCCCCCCCCCCCC)cc3)c3cc(c(OCC(=O)O)cc3OCC(=O)O)C(c3ccc(OCCCCCCCCCCCC)cc3)c3cc2c(OCC(=O)O)cc3OCC(=O)O)cc1. The third-order valence-electron chi connectivity index (χ3n) is 25.8. The summed E-state index contributed by atoms with van der Waals surface area (Å²) in [5, 5.41) is 87.0. The third kappa shape index (κ3) is 39.7. The molecule has 0 spiro atoms. The lowest BCUT2D eigenvalue weighted by atomic mass is 9.75. The van der Waals surface area contributed by atoms with Crippen molar-refractivity contribution in [1.29, 1.82) is 0 Å². The Kier molecular flexibility index (Phi) is 51.5. The van der Waals surface area contributed by atoms with Gasteiger partial charge in [-0.25, -0.2) is 38.4 Å². The predicted octanol–water partition coefficient (Wildman–Crippen LogP) is 25.6. The quantitative estimate of drug-likeness (QED) is 0.0164. The van der Waals surface area contributed by atoms with Gasteiger partial charge in [-0.2, -0.15) is 0 Å². The molecule has 1 aliphatic carbocycles. The average molecular weight is 1990 g/mol. The van der Waals surface area contributed by atoms with Crippen molar-refractivity contribution in [3.63, 3.8) is 0 Å². The highest BCUT2D eigenvalue weighted by molar-refractivity contribution is 5.76. The van der Waals surface area contributed by atoms with Crippen LogP contribution in [0, 0.1) is 0 Å². The van der Waals surface area contributed by atoms with Gasteiger partial charge in [0.15, 0.2) is 52.9 Å². The van der Waals surface area contributed by atoms with Gasteiger partial charge in [-0.3, -0.25) is 0 Å². The normalized spacial score (nSPS) is 13.6. The number of unbranched alkanes of at least 4 members (excludes halogenated alkanes) is 36. The number of aliphatic carboxylic acids is 8. The van der Waals surface area contributed by atoms with Gasteiger partial charge >= 0.3 is 47.8 Å². The van der Waals surface area contributed by atoms with Crippen LogP contribution in [0.25, 0.3) is 0 Å². The first kappa shape index (κ1) is 115. The van der Waals surface area contributed by atoms with E-state index < -0.39 is 124 Å². The number of hydrogen-bond acceptors (Lipinski definition) is 20. The molecule has 0 heterocycles. The van der Waals surface area contributed by atoms with E-state index in [0.29, 0.717) is 97.4 Å². The Morgan fingerprint density at radius 3 is 0.424 bits per heavy atom. The number of carbonyl (C=O) groups is 8. The summed E-state index contributed by atoms with van der Waals surface area (Å²) < 4.78 is 78.3. The summed E-state index contributed by atoms with van der Waals surface area (Å²) >= 11 is 0. The molecule has 0 fully saturated rings. The van der Waals surface area contributed by atoms with Gasteiger partial charge in [0.25, 0.3) is 0 Å². The Morgan fingerprint density at radius 1 is 0.174 bits per heavy atom. The number of ether oxygens (including phenoxy) is 12. The zero-order chi connectivity index (χ0) is 103. The van der Waals surface area contributed by atoms with Crippen molar-refractivity contribution in [2.24, 2.45) is 0 Å². The van der Waals surface area contributed by atoms with E-state index in [0.717, 1.165) is 154 Å². The second-order valence-electron chi connectivity index (χ2n) is 37.3. The summed E-state index contributed by atoms with van der Waals surface area (Å²) in [6.07, 6.45) is 43.0. The van der Waals surface area contributed by atoms with Crippen LogP contribution in [0.15, 0.2) is 146 Å². The summed E-state index contributed by atoms with van der Waals surface area (Å²) in [5.41, 5.74) is 1.40. The van der Waals surface area contributed by atoms with Crippen molar-refractivity contribution in [3.8, 4) is 69.0 Å². The van der Waals surface area contributed by atoms with E-state index in [1.807, 2.05) is 0 Å². The Morgan fingerprint density at radius 2 is 0.299 bits per heavy atom. The number of benzene rings is 8. The standard InChI is InChI=1S/C116H152O28/c1-5-9-13-17-21-25-29-33-37-41-61-133-85-53-45-81(46-54-85)113-89-65-91(99(139-75-107(121)122)69-97(89)137-73-105(117)118)114(82-47-55-86(56-48-82)134-62-42-38-34-30-26-22-18-14-10-6-2)93-67-95(103(143-79-111(129)130)71-101(93)141-77-109(125)126)116(84-51-59-88(60-52-84)136-64-44-40-36-32-28-24-20-16-12-8-4)96-68-94(102(142-78-110(127)128)72-104(96)144-80-112(131)132)115(92-66-90(113)98(138-74-106(119)120)70-100(92)140-76-108(123)124)83-49-57-87(58-50-83)135-63-43-39-35-31-27-23-19-15-11-7-3/h45-60,65-72,113-116H,5-44,61-64,73-80H2,1-4H3,(H,117,118)(H,119,120)(H,121,122)(H,123,124)(H,125,126)(H,127,128)(H,129,130)(H,131,132). The highest BCUT2D eigenvalue weighted by Crippen LogP contribution is 2.56. The Balaban J connectivity index is 1.45. The lowest BCUT2D eigenvalue weighted by Crippen LogP contribution is -2.20. The van der Waals surface area contributed by atoms with E-state index in [1.165, 1.54) is 101 Å². The maximum Gasteiger partial charge on any atom is 0.341 e. The number of carboxylic acids is 8. The molecule has 0 unspecified atom stereocenters. The van der Waals surface area contributed by atoms with Gasteiger partial charge in [0.2, 0.25) is 0 Å². The zero-order valence-electron chi connectivity index (χ0n) is 84.7. The highest BCUT2D eigenvalue weighted by Gasteiger charge is 2.39. The van der Waals surface area contributed by atoms with Crippen LogP contribution in [0.5, 0.6) is 69.0 Å². The summed E-state index contributed by atoms with van der Waals surface area (Å²) in [5.74, 6) is -18.4. The van der Waals surface area contributed by atoms with Crippen molar-refractivity contribution < 1.29 is 136 Å². The number of carboxylic acid groups (broad SMARTS) is 8. The molecule has 28 heteroatoms. The van der Waals surface area contributed by atoms with E-state index in [9.17, 15) is 79.2 Å². The summed E-state index contributed by atoms with van der Waals surface area (Å²) in [4.78, 5) is 107. The van der Waals surface area contributed by atoms with E-state index in [2.05, 4.69) is 27.7 Å². The van der Waals surface area contributed by atoms with Crippen LogP contribution < -0.4 is 56.8 Å². The van der Waals surface area contributed by atoms with Crippen molar-refractivity contribution >= 4 is 47.8 Å². The number of fused-ring (bicyclic) bond motifs is 8. The second-order valence-corrected chi connectivity index (χ2v) is 37.3. The van der Waals surface area contributed by atoms with E-state index in [-0.39, 0.29) is 90.5 Å². The molecule has 0 amide bonds. The molecule has 144 heavy (non-hydrogen) atoms. The molecular weight excluding hydrogens is 1840 g/mol. The number of hydrogen-bond donors (Lipinski definition) is 8. The molecular formula is C116H152O28. The highest BCUT2D eigenvalue weighted by atomic mass is 16.5. The fourth-order valence-corrected chi connectivity index (χ4v) is 18.6. The zero-order valence-corrected chi connectivity index (χ0v) is 84.7. The maximum atomic E-state index is 13.4. The molecule has 8 N–H and O–H groups in total. The van der Waals surface area contributed by atoms with Crippen LogP contribution in [0.4, 0.5) is 0 Å². The first-order valence-corrected chi connectivity index (χ1v) is 52.4. The summed E-state index contributed by atoms with van der Waals surface area (Å²) in [6, 6.07) is 38.9. The van der Waals surface area contributed by atoms with Crippen LogP contribution in [-0.4, -0.2) is 168 Å². The average Bonchev–Trinajstić information content (AvgIpc) is 0.730. The molecule has 0 saturated heterocycles. The smallest absolute Gasteiger partial charge is 0.341 e. The lowest BCUT2D eigenvalue weighted by molar-refractivity contribution is -0.140. The topological polar surface area (TPSA) is 409 Å². The molecule has 9 rings (SSSR count). The van der Waals surface area contributed by atoms with Gasteiger partial charge in [0, 0.05) is 92.4 Å². The van der Waals surface area contributed by atoms with Crippen LogP contribution in [0.2, 0.25) is 0 Å². The van der Waals surface area contributed by atoms with Crippen molar-refractivity contribution in [3.05, 3.63) is 212 Å². The van der Waals surface area contributed by atoms with Gasteiger partial charge in [-0.15, -0.1) is 0 Å². The molecule has 28 nitrogen and oxygen atoms in total. The minimum atomic E-state index is -1.48. The fourth-order valence-electron chi connectivity index (χ4n) is 18.6. The van der Waals surface area contributed by atoms with E-state index >= 15 is 0 Å². The van der Waals surface area contributed by atoms with Gasteiger partial charge in [0.1, 0.15) is 69.0 Å². The van der Waals surface area contributed by atoms with Crippen molar-refractivity contribution in [2.45, 2.75) is 308 Å². The summed E-state index contributed by atoms with van der Waals surface area (Å²) in [6.45, 7) is 1.51. The minimum absolute atomic E-state index is 0.0166. The molecule has 0 saturated carbocycles. The molecule has 0 aromatic heterocycles. The van der Waals surface area contributed by atoms with Crippen LogP contribution in [-0.2, 0) is 38.4 Å². The Labute approximate surface area is 848 Å². The van der Waals surface area contributed by atoms with Crippen LogP contribution in [0.1, 0.15) is 375 Å². The van der Waals surface area contributed by atoms with Crippen molar-refractivity contribution in [2.75, 3.05) is 79.3 Å². The van der Waals surface area contributed by atoms with E-state index in [1.54, 1.807) is 121 Å². The molecule has 8 bridgehead atoms.